The maximum absolute atomic E-state index is 12.7. The maximum Gasteiger partial charge on any atom is 0.323 e. The summed E-state index contributed by atoms with van der Waals surface area (Å²) in [4.78, 5) is 29.2. The van der Waals surface area contributed by atoms with Crippen molar-refractivity contribution in [1.29, 1.82) is 0 Å². The van der Waals surface area contributed by atoms with Crippen LogP contribution in [-0.2, 0) is 0 Å². The number of urea groups is 1. The molecule has 166 valence electrons. The molecule has 4 rings (SSSR count). The molecule has 2 aromatic heterocycles. The van der Waals surface area contributed by atoms with E-state index in [1.54, 1.807) is 71.7 Å². The van der Waals surface area contributed by atoms with E-state index in [0.29, 0.717) is 39.0 Å². The van der Waals surface area contributed by atoms with E-state index in [1.807, 2.05) is 19.9 Å². The summed E-state index contributed by atoms with van der Waals surface area (Å²) < 4.78 is 1.65. The quantitative estimate of drug-likeness (QED) is 0.369. The van der Waals surface area contributed by atoms with Crippen LogP contribution in [0.2, 0.25) is 5.02 Å². The zero-order valence-electron chi connectivity index (χ0n) is 18.0. The summed E-state index contributed by atoms with van der Waals surface area (Å²) in [6.07, 6.45) is 3.19. The molecule has 8 nitrogen and oxygen atoms in total. The first kappa shape index (κ1) is 22.0. The summed E-state index contributed by atoms with van der Waals surface area (Å²) in [5, 5.41) is 13.2. The van der Waals surface area contributed by atoms with Crippen molar-refractivity contribution in [3.05, 3.63) is 95.0 Å². The van der Waals surface area contributed by atoms with Gasteiger partial charge in [0, 0.05) is 23.1 Å². The van der Waals surface area contributed by atoms with Gasteiger partial charge in [0.2, 0.25) is 0 Å². The maximum atomic E-state index is 12.7. The van der Waals surface area contributed by atoms with Gasteiger partial charge < -0.3 is 16.0 Å². The Bertz CT molecular complexity index is 1330. The lowest BCUT2D eigenvalue weighted by Crippen LogP contribution is -2.20. The number of benzene rings is 2. The number of hydrogen-bond acceptors (Lipinski definition) is 4. The van der Waals surface area contributed by atoms with Gasteiger partial charge in [-0.1, -0.05) is 29.8 Å². The number of halogens is 1. The van der Waals surface area contributed by atoms with Crippen LogP contribution in [0.15, 0.2) is 73.1 Å². The van der Waals surface area contributed by atoms with Crippen LogP contribution in [0.5, 0.6) is 0 Å². The van der Waals surface area contributed by atoms with Crippen molar-refractivity contribution in [3.8, 4) is 5.69 Å². The highest BCUT2D eigenvalue weighted by molar-refractivity contribution is 6.33. The number of rotatable bonds is 5. The highest BCUT2D eigenvalue weighted by Gasteiger charge is 2.14. The Hall–Kier alpha value is -4.17. The molecule has 0 aliphatic heterocycles. The molecule has 3 N–H and O–H groups in total. The lowest BCUT2D eigenvalue weighted by molar-refractivity contribution is 0.102. The Morgan fingerprint density at radius 2 is 1.70 bits per heavy atom. The molecule has 0 aliphatic rings. The first-order chi connectivity index (χ1) is 15.9. The van der Waals surface area contributed by atoms with Crippen LogP contribution >= 0.6 is 11.6 Å². The van der Waals surface area contributed by atoms with Gasteiger partial charge in [0.25, 0.3) is 5.91 Å². The number of pyridine rings is 1. The fraction of sp³-hybridized carbons (Fsp3) is 0.0833. The number of aromatic nitrogens is 3. The molecule has 4 aromatic rings. The van der Waals surface area contributed by atoms with E-state index in [1.165, 1.54) is 0 Å². The van der Waals surface area contributed by atoms with Crippen LogP contribution in [-0.4, -0.2) is 26.7 Å². The van der Waals surface area contributed by atoms with E-state index < -0.39 is 6.03 Å². The van der Waals surface area contributed by atoms with E-state index in [9.17, 15) is 9.59 Å². The van der Waals surface area contributed by atoms with Crippen LogP contribution < -0.4 is 16.0 Å². The fourth-order valence-corrected chi connectivity index (χ4v) is 3.42. The summed E-state index contributed by atoms with van der Waals surface area (Å²) >= 11 is 6.09. The minimum Gasteiger partial charge on any atom is -0.322 e. The number of nitrogens with one attached hydrogen (secondary N) is 3. The van der Waals surface area contributed by atoms with E-state index in [4.69, 9.17) is 11.6 Å². The average Bonchev–Trinajstić information content (AvgIpc) is 3.15. The SMILES string of the molecule is Cc1cc(NC(=O)c2cccc(-n3ncc(NC(=O)Nc4ccccc4Cl)c3C)c2)ccn1. The molecule has 0 atom stereocenters. The largest absolute Gasteiger partial charge is 0.323 e. The third-order valence-electron chi connectivity index (χ3n) is 4.89. The second-order valence-corrected chi connectivity index (χ2v) is 7.71. The molecule has 0 fully saturated rings. The summed E-state index contributed by atoms with van der Waals surface area (Å²) in [5.74, 6) is -0.246. The smallest absolute Gasteiger partial charge is 0.322 e. The molecule has 0 saturated heterocycles. The second-order valence-electron chi connectivity index (χ2n) is 7.30. The van der Waals surface area contributed by atoms with Crippen LogP contribution in [0.1, 0.15) is 21.7 Å². The predicted molar refractivity (Wildman–Crippen MR) is 129 cm³/mol. The van der Waals surface area contributed by atoms with E-state index in [0.717, 1.165) is 5.69 Å². The third-order valence-corrected chi connectivity index (χ3v) is 5.22. The van der Waals surface area contributed by atoms with E-state index in [2.05, 4.69) is 26.0 Å². The van der Waals surface area contributed by atoms with Gasteiger partial charge in [-0.15, -0.1) is 0 Å². The van der Waals surface area contributed by atoms with E-state index >= 15 is 0 Å². The minimum absolute atomic E-state index is 0.246. The molecular formula is C24H21ClN6O2. The van der Waals surface area contributed by atoms with E-state index in [-0.39, 0.29) is 5.91 Å². The van der Waals surface area contributed by atoms with Crippen LogP contribution in [0.25, 0.3) is 5.69 Å². The summed E-state index contributed by atoms with van der Waals surface area (Å²) in [7, 11) is 0. The molecule has 0 radical (unpaired) electrons. The van der Waals surface area contributed by atoms with Gasteiger partial charge in [0.15, 0.2) is 0 Å². The van der Waals surface area contributed by atoms with Crippen molar-refractivity contribution in [2.24, 2.45) is 0 Å². The summed E-state index contributed by atoms with van der Waals surface area (Å²) in [6.45, 7) is 3.68. The van der Waals surface area contributed by atoms with Crippen LogP contribution in [0, 0.1) is 13.8 Å². The number of para-hydroxylation sites is 1. The number of amides is 3. The molecular weight excluding hydrogens is 440 g/mol. The Kier molecular flexibility index (Phi) is 6.37. The first-order valence-corrected chi connectivity index (χ1v) is 10.5. The Morgan fingerprint density at radius 3 is 2.48 bits per heavy atom. The lowest BCUT2D eigenvalue weighted by Gasteiger charge is -2.10. The number of carbonyl (C=O) groups excluding carboxylic acids is 2. The highest BCUT2D eigenvalue weighted by atomic mass is 35.5. The lowest BCUT2D eigenvalue weighted by atomic mass is 10.2. The number of nitrogens with zero attached hydrogens (tertiary/aromatic N) is 3. The monoisotopic (exact) mass is 460 g/mol. The molecule has 2 aromatic carbocycles. The molecule has 0 saturated carbocycles. The first-order valence-electron chi connectivity index (χ1n) is 10.1. The molecule has 33 heavy (non-hydrogen) atoms. The second kappa shape index (κ2) is 9.54. The van der Waals surface area contributed by atoms with Crippen molar-refractivity contribution in [2.75, 3.05) is 16.0 Å². The van der Waals surface area contributed by atoms with Gasteiger partial charge in [0.1, 0.15) is 0 Å². The van der Waals surface area contributed by atoms with Gasteiger partial charge in [-0.25, -0.2) is 9.48 Å². The summed E-state index contributed by atoms with van der Waals surface area (Å²) in [5.41, 5.74) is 4.38. The fourth-order valence-electron chi connectivity index (χ4n) is 3.24. The number of anilines is 3. The molecule has 0 unspecified atom stereocenters. The number of carbonyl (C=O) groups is 2. The van der Waals surface area contributed by atoms with Crippen molar-refractivity contribution in [2.45, 2.75) is 13.8 Å². The van der Waals surface area contributed by atoms with Crippen molar-refractivity contribution < 1.29 is 9.59 Å². The van der Waals surface area contributed by atoms with Crippen molar-refractivity contribution in [3.63, 3.8) is 0 Å². The predicted octanol–water partition coefficient (Wildman–Crippen LogP) is 5.43. The van der Waals surface area contributed by atoms with Gasteiger partial charge in [0.05, 0.1) is 34.0 Å². The topological polar surface area (TPSA) is 101 Å². The molecule has 0 bridgehead atoms. The van der Waals surface area contributed by atoms with Gasteiger partial charge in [-0.3, -0.25) is 9.78 Å². The normalized spacial score (nSPS) is 10.5. The van der Waals surface area contributed by atoms with Gasteiger partial charge in [-0.2, -0.15) is 5.10 Å². The standard InChI is InChI=1S/C24H21ClN6O2/c1-15-12-18(10-11-26-15)28-23(32)17-6-5-7-19(13-17)31-16(2)22(14-27-31)30-24(33)29-21-9-4-3-8-20(21)25/h3-14H,1-2H3,(H,26,28,32)(H2,29,30,33). The van der Waals surface area contributed by atoms with Gasteiger partial charge >= 0.3 is 6.03 Å². The number of hydrogen-bond donors (Lipinski definition) is 3. The molecule has 0 aliphatic carbocycles. The zero-order chi connectivity index (χ0) is 23.4. The summed E-state index contributed by atoms with van der Waals surface area (Å²) in [6, 6.07) is 17.1. The molecule has 9 heteroatoms. The van der Waals surface area contributed by atoms with Gasteiger partial charge in [-0.05, 0) is 56.3 Å². The highest BCUT2D eigenvalue weighted by Crippen LogP contribution is 2.23. The Balaban J connectivity index is 1.49. The molecule has 2 heterocycles. The molecule has 3 amide bonds. The zero-order valence-corrected chi connectivity index (χ0v) is 18.7. The Labute approximate surface area is 195 Å². The van der Waals surface area contributed by atoms with Crippen LogP contribution in [0.4, 0.5) is 21.9 Å². The third kappa shape index (κ3) is 5.19. The Morgan fingerprint density at radius 1 is 0.909 bits per heavy atom. The average molecular weight is 461 g/mol. The molecule has 0 spiro atoms. The van der Waals surface area contributed by atoms with Crippen LogP contribution in [0.3, 0.4) is 0 Å². The number of aryl methyl sites for hydroxylation is 1. The van der Waals surface area contributed by atoms with Crippen molar-refractivity contribution >= 4 is 40.6 Å². The minimum atomic E-state index is -0.438. The van der Waals surface area contributed by atoms with Crippen molar-refractivity contribution in [1.82, 2.24) is 14.8 Å².